The maximum absolute atomic E-state index is 12.0. The summed E-state index contributed by atoms with van der Waals surface area (Å²) >= 11 is 0. The molecule has 0 aliphatic heterocycles. The lowest BCUT2D eigenvalue weighted by Crippen LogP contribution is -2.01. The van der Waals surface area contributed by atoms with Crippen molar-refractivity contribution in [2.75, 3.05) is 0 Å². The van der Waals surface area contributed by atoms with Crippen molar-refractivity contribution in [3.05, 3.63) is 71.3 Å². The fraction of sp³-hybridized carbons (Fsp3) is 0.188. The lowest BCUT2D eigenvalue weighted by molar-refractivity contribution is 0.0983. The highest BCUT2D eigenvalue weighted by atomic mass is 16.1. The molecule has 0 aromatic heterocycles. The van der Waals surface area contributed by atoms with Crippen molar-refractivity contribution >= 4 is 5.78 Å². The zero-order chi connectivity index (χ0) is 12.1. The van der Waals surface area contributed by atoms with Gasteiger partial charge in [0, 0.05) is 12.0 Å². The van der Waals surface area contributed by atoms with Crippen molar-refractivity contribution in [3.8, 4) is 0 Å². The largest absolute Gasteiger partial charge is 0.294 e. The number of hydrogen-bond donors (Lipinski definition) is 0. The average Bonchev–Trinajstić information content (AvgIpc) is 2.37. The van der Waals surface area contributed by atoms with E-state index in [2.05, 4.69) is 12.1 Å². The molecule has 0 radical (unpaired) electrons. The van der Waals surface area contributed by atoms with E-state index < -0.39 is 0 Å². The van der Waals surface area contributed by atoms with Gasteiger partial charge in [-0.15, -0.1) is 0 Å². The average molecular weight is 224 g/mol. The molecule has 0 unspecified atom stereocenters. The Hall–Kier alpha value is -1.89. The standard InChI is InChI=1S/C16H16O/c1-13-6-5-9-15(12-13)16(17)11-10-14-7-3-2-4-8-14/h2-9,12H,10-11H2,1H3. The number of carbonyl (C=O) groups is 1. The van der Waals surface area contributed by atoms with Crippen LogP contribution in [0.5, 0.6) is 0 Å². The van der Waals surface area contributed by atoms with E-state index >= 15 is 0 Å². The van der Waals surface area contributed by atoms with Gasteiger partial charge in [-0.25, -0.2) is 0 Å². The second kappa shape index (κ2) is 5.44. The summed E-state index contributed by atoms with van der Waals surface area (Å²) in [6, 6.07) is 17.9. The van der Waals surface area contributed by atoms with E-state index in [1.54, 1.807) is 0 Å². The van der Waals surface area contributed by atoms with Gasteiger partial charge in [0.25, 0.3) is 0 Å². The summed E-state index contributed by atoms with van der Waals surface area (Å²) in [4.78, 5) is 12.0. The SMILES string of the molecule is Cc1cccc(C(=O)CCc2ccccc2)c1. The smallest absolute Gasteiger partial charge is 0.163 e. The van der Waals surface area contributed by atoms with Crippen LogP contribution in [0.4, 0.5) is 0 Å². The highest BCUT2D eigenvalue weighted by Crippen LogP contribution is 2.10. The van der Waals surface area contributed by atoms with Gasteiger partial charge in [0.2, 0.25) is 0 Å². The maximum atomic E-state index is 12.0. The molecule has 0 saturated carbocycles. The zero-order valence-corrected chi connectivity index (χ0v) is 10.0. The lowest BCUT2D eigenvalue weighted by atomic mass is 10.0. The first-order valence-electron chi connectivity index (χ1n) is 5.89. The number of rotatable bonds is 4. The molecule has 0 fully saturated rings. The van der Waals surface area contributed by atoms with E-state index in [9.17, 15) is 4.79 Å². The molecule has 2 aromatic carbocycles. The molecule has 0 aliphatic carbocycles. The summed E-state index contributed by atoms with van der Waals surface area (Å²) < 4.78 is 0. The predicted octanol–water partition coefficient (Wildman–Crippen LogP) is 3.81. The maximum Gasteiger partial charge on any atom is 0.163 e. The molecule has 0 N–H and O–H groups in total. The summed E-state index contributed by atoms with van der Waals surface area (Å²) in [6.45, 7) is 2.01. The van der Waals surface area contributed by atoms with Crippen LogP contribution in [0.1, 0.15) is 27.9 Å². The first-order valence-corrected chi connectivity index (χ1v) is 5.89. The number of carbonyl (C=O) groups excluding carboxylic acids is 1. The molecule has 2 aromatic rings. The van der Waals surface area contributed by atoms with E-state index in [1.165, 1.54) is 5.56 Å². The minimum absolute atomic E-state index is 0.220. The Morgan fingerprint density at radius 2 is 1.76 bits per heavy atom. The molecule has 1 heteroatoms. The first kappa shape index (κ1) is 11.6. The molecule has 1 nitrogen and oxygen atoms in total. The Morgan fingerprint density at radius 1 is 1.00 bits per heavy atom. The topological polar surface area (TPSA) is 17.1 Å². The van der Waals surface area contributed by atoms with Gasteiger partial charge >= 0.3 is 0 Å². The minimum Gasteiger partial charge on any atom is -0.294 e. The molecule has 0 heterocycles. The van der Waals surface area contributed by atoms with Crippen LogP contribution in [0.25, 0.3) is 0 Å². The van der Waals surface area contributed by atoms with Crippen molar-refractivity contribution in [1.82, 2.24) is 0 Å². The van der Waals surface area contributed by atoms with Crippen LogP contribution >= 0.6 is 0 Å². The normalized spacial score (nSPS) is 10.2. The first-order chi connectivity index (χ1) is 8.25. The van der Waals surface area contributed by atoms with Gasteiger partial charge in [0.05, 0.1) is 0 Å². The summed E-state index contributed by atoms with van der Waals surface area (Å²) in [5.41, 5.74) is 3.17. The van der Waals surface area contributed by atoms with E-state index in [-0.39, 0.29) is 5.78 Å². The Bertz CT molecular complexity index is 500. The summed E-state index contributed by atoms with van der Waals surface area (Å²) in [6.07, 6.45) is 1.39. The Morgan fingerprint density at radius 3 is 2.47 bits per heavy atom. The van der Waals surface area contributed by atoms with Gasteiger partial charge in [0.15, 0.2) is 5.78 Å². The molecule has 0 bridgehead atoms. The van der Waals surface area contributed by atoms with Crippen LogP contribution in [0, 0.1) is 6.92 Å². The van der Waals surface area contributed by atoms with Gasteiger partial charge in [-0.2, -0.15) is 0 Å². The number of Topliss-reactive ketones (excluding diaryl/α,β-unsaturated/α-hetero) is 1. The van der Waals surface area contributed by atoms with E-state index in [1.807, 2.05) is 49.4 Å². The Balaban J connectivity index is 1.98. The Labute approximate surface area is 102 Å². The fourth-order valence-corrected chi connectivity index (χ4v) is 1.87. The van der Waals surface area contributed by atoms with Crippen LogP contribution in [-0.2, 0) is 6.42 Å². The van der Waals surface area contributed by atoms with Gasteiger partial charge in [-0.3, -0.25) is 4.79 Å². The molecule has 2 rings (SSSR count). The quantitative estimate of drug-likeness (QED) is 0.722. The third-order valence-electron chi connectivity index (χ3n) is 2.82. The molecule has 0 saturated heterocycles. The molecule has 0 aliphatic rings. The van der Waals surface area contributed by atoms with Crippen LogP contribution in [0.15, 0.2) is 54.6 Å². The number of benzene rings is 2. The van der Waals surface area contributed by atoms with Crippen LogP contribution in [0.3, 0.4) is 0 Å². The van der Waals surface area contributed by atoms with Crippen molar-refractivity contribution in [3.63, 3.8) is 0 Å². The summed E-state index contributed by atoms with van der Waals surface area (Å²) in [7, 11) is 0. The molecule has 86 valence electrons. The van der Waals surface area contributed by atoms with Crippen molar-refractivity contribution in [2.45, 2.75) is 19.8 Å². The third-order valence-corrected chi connectivity index (χ3v) is 2.82. The lowest BCUT2D eigenvalue weighted by Gasteiger charge is -2.02. The molecular formula is C16H16O. The van der Waals surface area contributed by atoms with Crippen molar-refractivity contribution in [2.24, 2.45) is 0 Å². The van der Waals surface area contributed by atoms with Gasteiger partial charge < -0.3 is 0 Å². The second-order valence-electron chi connectivity index (χ2n) is 4.28. The third kappa shape index (κ3) is 3.28. The Kier molecular flexibility index (Phi) is 3.71. The molecule has 0 atom stereocenters. The van der Waals surface area contributed by atoms with Gasteiger partial charge in [0.1, 0.15) is 0 Å². The molecule has 0 amide bonds. The molecular weight excluding hydrogens is 208 g/mol. The van der Waals surface area contributed by atoms with E-state index in [0.29, 0.717) is 6.42 Å². The highest BCUT2D eigenvalue weighted by Gasteiger charge is 2.05. The van der Waals surface area contributed by atoms with Gasteiger partial charge in [-0.05, 0) is 25.0 Å². The molecule has 17 heavy (non-hydrogen) atoms. The van der Waals surface area contributed by atoms with Crippen LogP contribution in [0.2, 0.25) is 0 Å². The fourth-order valence-electron chi connectivity index (χ4n) is 1.87. The summed E-state index contributed by atoms with van der Waals surface area (Å²) in [5, 5.41) is 0. The monoisotopic (exact) mass is 224 g/mol. The predicted molar refractivity (Wildman–Crippen MR) is 70.3 cm³/mol. The number of ketones is 1. The molecule has 0 spiro atoms. The minimum atomic E-state index is 0.220. The van der Waals surface area contributed by atoms with E-state index in [0.717, 1.165) is 17.5 Å². The number of hydrogen-bond acceptors (Lipinski definition) is 1. The van der Waals surface area contributed by atoms with Crippen molar-refractivity contribution < 1.29 is 4.79 Å². The van der Waals surface area contributed by atoms with Gasteiger partial charge in [-0.1, -0.05) is 54.1 Å². The second-order valence-corrected chi connectivity index (χ2v) is 4.28. The van der Waals surface area contributed by atoms with Crippen LogP contribution < -0.4 is 0 Å². The zero-order valence-electron chi connectivity index (χ0n) is 10.0. The summed E-state index contributed by atoms with van der Waals surface area (Å²) in [5.74, 6) is 0.220. The number of aryl methyl sites for hydroxylation is 2. The van der Waals surface area contributed by atoms with Crippen molar-refractivity contribution in [1.29, 1.82) is 0 Å². The highest BCUT2D eigenvalue weighted by molar-refractivity contribution is 5.96. The van der Waals surface area contributed by atoms with E-state index in [4.69, 9.17) is 0 Å². The van der Waals surface area contributed by atoms with Crippen LogP contribution in [-0.4, -0.2) is 5.78 Å².